The first-order chi connectivity index (χ1) is 13.4. The number of amides is 1. The Hall–Kier alpha value is -2.74. The number of para-hydroxylation sites is 2. The normalized spacial score (nSPS) is 11.2. The van der Waals surface area contributed by atoms with Gasteiger partial charge in [0.2, 0.25) is 5.91 Å². The third-order valence-corrected chi connectivity index (χ3v) is 5.05. The number of anilines is 1. The van der Waals surface area contributed by atoms with E-state index in [1.54, 1.807) is 10.6 Å². The van der Waals surface area contributed by atoms with Crippen LogP contribution in [0.15, 0.2) is 40.3 Å². The van der Waals surface area contributed by atoms with Gasteiger partial charge < -0.3 is 15.0 Å². The van der Waals surface area contributed by atoms with Crippen LogP contribution in [0.5, 0.6) is 5.75 Å². The number of carbonyl (C=O) groups is 1. The highest BCUT2D eigenvalue weighted by molar-refractivity contribution is 7.99. The summed E-state index contributed by atoms with van der Waals surface area (Å²) >= 11 is 1.25. The van der Waals surface area contributed by atoms with Crippen molar-refractivity contribution >= 4 is 34.4 Å². The van der Waals surface area contributed by atoms with Crippen molar-refractivity contribution in [2.45, 2.75) is 38.9 Å². The molecule has 0 aliphatic carbocycles. The maximum atomic E-state index is 12.8. The molecule has 7 nitrogen and oxygen atoms in total. The minimum Gasteiger partial charge on any atom is -0.492 e. The molecule has 0 saturated heterocycles. The molecule has 0 fully saturated rings. The van der Waals surface area contributed by atoms with Crippen molar-refractivity contribution in [1.29, 1.82) is 0 Å². The van der Waals surface area contributed by atoms with E-state index >= 15 is 0 Å². The molecule has 1 amide bonds. The van der Waals surface area contributed by atoms with Gasteiger partial charge in [-0.05, 0) is 45.9 Å². The van der Waals surface area contributed by atoms with Gasteiger partial charge in [0.25, 0.3) is 5.56 Å². The lowest BCUT2D eigenvalue weighted by molar-refractivity contribution is -0.113. The van der Waals surface area contributed by atoms with E-state index in [1.807, 2.05) is 52.0 Å². The molecule has 0 radical (unpaired) electrons. The lowest BCUT2D eigenvalue weighted by Gasteiger charge is -2.15. The number of aromatic nitrogens is 3. The third-order valence-electron chi connectivity index (χ3n) is 4.10. The molecule has 2 aromatic heterocycles. The second-order valence-electron chi connectivity index (χ2n) is 6.64. The summed E-state index contributed by atoms with van der Waals surface area (Å²) in [5, 5.41) is 3.39. The largest absolute Gasteiger partial charge is 0.492 e. The predicted octanol–water partition coefficient (Wildman–Crippen LogP) is 3.74. The average Bonchev–Trinajstić information content (AvgIpc) is 3.02. The van der Waals surface area contributed by atoms with Gasteiger partial charge in [0.1, 0.15) is 11.3 Å². The number of nitrogens with one attached hydrogen (secondary N) is 2. The van der Waals surface area contributed by atoms with E-state index in [2.05, 4.69) is 15.3 Å². The summed E-state index contributed by atoms with van der Waals surface area (Å²) in [6, 6.07) is 9.07. The van der Waals surface area contributed by atoms with Crippen LogP contribution in [0.2, 0.25) is 0 Å². The molecule has 0 saturated carbocycles. The highest BCUT2D eigenvalue weighted by Gasteiger charge is 2.17. The van der Waals surface area contributed by atoms with Gasteiger partial charge in [-0.3, -0.25) is 14.2 Å². The first-order valence-corrected chi connectivity index (χ1v) is 10.2. The zero-order valence-electron chi connectivity index (χ0n) is 16.4. The molecule has 3 rings (SSSR count). The SMILES string of the molecule is CCOc1ccccc1NC(=O)CSc1nc2cc(C)[nH]c2c(=O)n1C(C)C. The molecule has 0 bridgehead atoms. The van der Waals surface area contributed by atoms with Crippen LogP contribution < -0.4 is 15.6 Å². The first kappa shape index (κ1) is 20.0. The summed E-state index contributed by atoms with van der Waals surface area (Å²) in [6.45, 7) is 8.14. The molecule has 148 valence electrons. The van der Waals surface area contributed by atoms with Crippen LogP contribution in [-0.4, -0.2) is 32.8 Å². The zero-order valence-corrected chi connectivity index (χ0v) is 17.2. The number of fused-ring (bicyclic) bond motifs is 1. The second-order valence-corrected chi connectivity index (χ2v) is 7.58. The van der Waals surface area contributed by atoms with Crippen LogP contribution in [0.25, 0.3) is 11.0 Å². The topological polar surface area (TPSA) is 89.0 Å². The fraction of sp³-hybridized carbons (Fsp3) is 0.350. The number of hydrogen-bond acceptors (Lipinski definition) is 5. The molecule has 8 heteroatoms. The lowest BCUT2D eigenvalue weighted by atomic mass is 10.3. The number of nitrogens with zero attached hydrogens (tertiary/aromatic N) is 2. The zero-order chi connectivity index (χ0) is 20.3. The molecule has 0 unspecified atom stereocenters. The monoisotopic (exact) mass is 400 g/mol. The molecule has 1 aromatic carbocycles. The molecular weight excluding hydrogens is 376 g/mol. The number of benzene rings is 1. The molecule has 2 N–H and O–H groups in total. The van der Waals surface area contributed by atoms with Crippen molar-refractivity contribution in [2.75, 3.05) is 17.7 Å². The van der Waals surface area contributed by atoms with Crippen molar-refractivity contribution in [2.24, 2.45) is 0 Å². The Kier molecular flexibility index (Phi) is 6.08. The Labute approximate surface area is 167 Å². The third kappa shape index (κ3) is 4.22. The van der Waals surface area contributed by atoms with Crippen molar-refractivity contribution in [3.63, 3.8) is 0 Å². The Morgan fingerprint density at radius 3 is 2.82 bits per heavy atom. The van der Waals surface area contributed by atoms with Gasteiger partial charge in [0, 0.05) is 11.7 Å². The van der Waals surface area contributed by atoms with E-state index in [9.17, 15) is 9.59 Å². The minimum atomic E-state index is -0.188. The molecule has 0 atom stereocenters. The fourth-order valence-corrected chi connectivity index (χ4v) is 3.84. The quantitative estimate of drug-likeness (QED) is 0.466. The molecule has 0 aliphatic heterocycles. The second kappa shape index (κ2) is 8.52. The number of hydrogen-bond donors (Lipinski definition) is 2. The summed E-state index contributed by atoms with van der Waals surface area (Å²) in [4.78, 5) is 32.9. The molecule has 3 aromatic rings. The van der Waals surface area contributed by atoms with Crippen LogP contribution in [0.3, 0.4) is 0 Å². The molecular formula is C20H24N4O3S. The number of aromatic amines is 1. The van der Waals surface area contributed by atoms with E-state index in [-0.39, 0.29) is 23.3 Å². The van der Waals surface area contributed by atoms with Crippen LogP contribution in [0, 0.1) is 6.92 Å². The van der Waals surface area contributed by atoms with Crippen molar-refractivity contribution in [1.82, 2.24) is 14.5 Å². The van der Waals surface area contributed by atoms with E-state index in [0.717, 1.165) is 5.69 Å². The molecule has 28 heavy (non-hydrogen) atoms. The van der Waals surface area contributed by atoms with Gasteiger partial charge >= 0.3 is 0 Å². The number of ether oxygens (including phenoxy) is 1. The van der Waals surface area contributed by atoms with Crippen LogP contribution >= 0.6 is 11.8 Å². The molecule has 0 aliphatic rings. The number of carbonyl (C=O) groups excluding carboxylic acids is 1. The highest BCUT2D eigenvalue weighted by atomic mass is 32.2. The fourth-order valence-electron chi connectivity index (χ4n) is 2.91. The summed E-state index contributed by atoms with van der Waals surface area (Å²) in [7, 11) is 0. The van der Waals surface area contributed by atoms with Gasteiger partial charge in [-0.25, -0.2) is 4.98 Å². The first-order valence-electron chi connectivity index (χ1n) is 9.17. The Balaban J connectivity index is 1.80. The number of aryl methyl sites for hydroxylation is 1. The Bertz CT molecular complexity index is 1060. The van der Waals surface area contributed by atoms with Crippen LogP contribution in [0.4, 0.5) is 5.69 Å². The maximum Gasteiger partial charge on any atom is 0.278 e. The number of thioether (sulfide) groups is 1. The van der Waals surface area contributed by atoms with E-state index in [4.69, 9.17) is 4.74 Å². The Morgan fingerprint density at radius 1 is 1.36 bits per heavy atom. The minimum absolute atomic E-state index is 0.0720. The van der Waals surface area contributed by atoms with E-state index in [1.165, 1.54) is 11.8 Å². The van der Waals surface area contributed by atoms with Gasteiger partial charge in [-0.2, -0.15) is 0 Å². The molecule has 0 spiro atoms. The van der Waals surface area contributed by atoms with Crippen molar-refractivity contribution in [3.8, 4) is 5.75 Å². The number of H-pyrrole nitrogens is 1. The van der Waals surface area contributed by atoms with Crippen LogP contribution in [0.1, 0.15) is 32.5 Å². The summed E-state index contributed by atoms with van der Waals surface area (Å²) in [5.41, 5.74) is 2.48. The van der Waals surface area contributed by atoms with E-state index in [0.29, 0.717) is 34.2 Å². The predicted molar refractivity (Wildman–Crippen MR) is 112 cm³/mol. The van der Waals surface area contributed by atoms with Gasteiger partial charge in [0.05, 0.1) is 23.6 Å². The summed E-state index contributed by atoms with van der Waals surface area (Å²) in [5.74, 6) is 0.575. The lowest BCUT2D eigenvalue weighted by Crippen LogP contribution is -2.25. The van der Waals surface area contributed by atoms with Crippen molar-refractivity contribution in [3.05, 3.63) is 46.4 Å². The molecule has 2 heterocycles. The Morgan fingerprint density at radius 2 is 2.11 bits per heavy atom. The van der Waals surface area contributed by atoms with Gasteiger partial charge in [-0.15, -0.1) is 0 Å². The van der Waals surface area contributed by atoms with E-state index < -0.39 is 0 Å². The van der Waals surface area contributed by atoms with Crippen LogP contribution in [-0.2, 0) is 4.79 Å². The van der Waals surface area contributed by atoms with Gasteiger partial charge in [-0.1, -0.05) is 23.9 Å². The average molecular weight is 401 g/mol. The number of rotatable bonds is 7. The smallest absolute Gasteiger partial charge is 0.278 e. The summed E-state index contributed by atoms with van der Waals surface area (Å²) < 4.78 is 7.15. The maximum absolute atomic E-state index is 12.8. The highest BCUT2D eigenvalue weighted by Crippen LogP contribution is 2.25. The van der Waals surface area contributed by atoms with Crippen molar-refractivity contribution < 1.29 is 9.53 Å². The summed E-state index contributed by atoms with van der Waals surface area (Å²) in [6.07, 6.45) is 0. The van der Waals surface area contributed by atoms with Gasteiger partial charge in [0.15, 0.2) is 5.16 Å². The standard InChI is InChI=1S/C20H24N4O3S/c1-5-27-16-9-7-6-8-14(16)22-17(25)11-28-20-23-15-10-13(4)21-18(15)19(26)24(20)12(2)3/h6-10,12,21H,5,11H2,1-4H3,(H,22,25).